The fourth-order valence-electron chi connectivity index (χ4n) is 5.90. The van der Waals surface area contributed by atoms with E-state index in [2.05, 4.69) is 94.8 Å². The number of carbonyl (C=O) groups excluding carboxylic acids is 1. The van der Waals surface area contributed by atoms with Crippen molar-refractivity contribution in [2.45, 2.75) is 24.9 Å². The summed E-state index contributed by atoms with van der Waals surface area (Å²) in [7, 11) is 6.61. The highest BCUT2D eigenvalue weighted by molar-refractivity contribution is 5.96. The van der Waals surface area contributed by atoms with Crippen LogP contribution in [0.4, 0.5) is 0 Å². The van der Waals surface area contributed by atoms with Crippen molar-refractivity contribution < 1.29 is 19.0 Å². The Balaban J connectivity index is 1.41. The van der Waals surface area contributed by atoms with Crippen LogP contribution in [0.25, 0.3) is 21.5 Å². The van der Waals surface area contributed by atoms with Gasteiger partial charge >= 0.3 is 0 Å². The van der Waals surface area contributed by atoms with E-state index in [9.17, 15) is 4.79 Å². The van der Waals surface area contributed by atoms with Gasteiger partial charge in [0.15, 0.2) is 11.5 Å². The first kappa shape index (κ1) is 30.9. The van der Waals surface area contributed by atoms with Gasteiger partial charge in [-0.1, -0.05) is 84.9 Å². The van der Waals surface area contributed by atoms with Gasteiger partial charge in [-0.25, -0.2) is 0 Å². The smallest absolute Gasteiger partial charge is 0.251 e. The minimum Gasteiger partial charge on any atom is -0.493 e. The Kier molecular flexibility index (Phi) is 10.3. The molecule has 5 aromatic carbocycles. The van der Waals surface area contributed by atoms with Crippen LogP contribution in [0.5, 0.6) is 17.2 Å². The van der Waals surface area contributed by atoms with Crippen molar-refractivity contribution in [3.05, 3.63) is 114 Å². The average Bonchev–Trinajstić information content (AvgIpc) is 3.06. The molecule has 3 N–H and O–H groups in total. The third-order valence-corrected chi connectivity index (χ3v) is 8.06. The van der Waals surface area contributed by atoms with E-state index in [-0.39, 0.29) is 18.0 Å². The number of likely N-dealkylation sites (N-methyl/N-ethyl adjacent to an activating group) is 1. The molecule has 7 nitrogen and oxygen atoms in total. The van der Waals surface area contributed by atoms with Crippen LogP contribution in [0, 0.1) is 0 Å². The minimum atomic E-state index is -0.212. The molecule has 228 valence electrons. The number of rotatable bonds is 14. The summed E-state index contributed by atoms with van der Waals surface area (Å²) in [6.07, 6.45) is 1.51. The van der Waals surface area contributed by atoms with Gasteiger partial charge < -0.3 is 30.2 Å². The lowest BCUT2D eigenvalue weighted by Crippen LogP contribution is -2.48. The molecule has 0 aliphatic carbocycles. The van der Waals surface area contributed by atoms with Gasteiger partial charge in [0.1, 0.15) is 0 Å². The second-order valence-corrected chi connectivity index (χ2v) is 10.9. The number of carbonyl (C=O) groups is 1. The molecular weight excluding hydrogens is 550 g/mol. The molecule has 0 saturated heterocycles. The number of amides is 1. The lowest BCUT2D eigenvalue weighted by Gasteiger charge is -2.25. The Morgan fingerprint density at radius 2 is 1.18 bits per heavy atom. The molecule has 0 saturated carbocycles. The highest BCUT2D eigenvalue weighted by Gasteiger charge is 2.21. The molecule has 0 heterocycles. The standard InChI is InChI=1S/C37H41N3O4/c1-38-23-30(19-27-15-9-13-25-11-5-7-17-32(25)27)39-24-31(20-28-16-10-14-26-12-6-8-18-33(26)28)40-37(41)29-21-34(42-2)36(44-4)35(22-29)43-3/h5-18,21-22,30-31,38-39H,19-20,23-24H2,1-4H3,(H,40,41)/t30-,31+/m0/s1. The van der Waals surface area contributed by atoms with Crippen LogP contribution < -0.4 is 30.2 Å². The number of hydrogen-bond acceptors (Lipinski definition) is 6. The fraction of sp³-hybridized carbons (Fsp3) is 0.270. The van der Waals surface area contributed by atoms with E-state index in [1.54, 1.807) is 33.5 Å². The monoisotopic (exact) mass is 591 g/mol. The Morgan fingerprint density at radius 3 is 1.70 bits per heavy atom. The van der Waals surface area contributed by atoms with Crippen LogP contribution in [-0.4, -0.2) is 59.5 Å². The van der Waals surface area contributed by atoms with E-state index >= 15 is 0 Å². The summed E-state index contributed by atoms with van der Waals surface area (Å²) >= 11 is 0. The number of ether oxygens (including phenoxy) is 3. The number of benzene rings is 5. The molecule has 5 rings (SSSR count). The van der Waals surface area contributed by atoms with Gasteiger partial charge in [0, 0.05) is 30.7 Å². The zero-order valence-corrected chi connectivity index (χ0v) is 25.9. The molecule has 0 spiro atoms. The van der Waals surface area contributed by atoms with Crippen LogP contribution in [0.2, 0.25) is 0 Å². The van der Waals surface area contributed by atoms with Gasteiger partial charge in [-0.15, -0.1) is 0 Å². The molecule has 0 aromatic heterocycles. The summed E-state index contributed by atoms with van der Waals surface area (Å²) in [6.45, 7) is 1.36. The molecule has 1 amide bonds. The summed E-state index contributed by atoms with van der Waals surface area (Å²) in [5, 5.41) is 15.3. The average molecular weight is 592 g/mol. The van der Waals surface area contributed by atoms with E-state index in [4.69, 9.17) is 14.2 Å². The molecule has 0 unspecified atom stereocenters. The maximum atomic E-state index is 13.7. The fourth-order valence-corrected chi connectivity index (χ4v) is 5.90. The normalized spacial score (nSPS) is 12.5. The van der Waals surface area contributed by atoms with Crippen molar-refractivity contribution in [3.63, 3.8) is 0 Å². The zero-order valence-electron chi connectivity index (χ0n) is 25.9. The molecule has 0 radical (unpaired) electrons. The summed E-state index contributed by atoms with van der Waals surface area (Å²) in [5.74, 6) is 1.11. The minimum absolute atomic E-state index is 0.152. The summed E-state index contributed by atoms with van der Waals surface area (Å²) in [6, 6.07) is 33.0. The summed E-state index contributed by atoms with van der Waals surface area (Å²) < 4.78 is 16.5. The zero-order chi connectivity index (χ0) is 30.9. The van der Waals surface area contributed by atoms with E-state index in [1.807, 2.05) is 13.1 Å². The van der Waals surface area contributed by atoms with Gasteiger partial charge in [-0.3, -0.25) is 4.79 Å². The van der Waals surface area contributed by atoms with Gasteiger partial charge in [0.05, 0.1) is 21.3 Å². The molecule has 0 aliphatic heterocycles. The molecule has 7 heteroatoms. The number of hydrogen-bond donors (Lipinski definition) is 3. The van der Waals surface area contributed by atoms with Crippen LogP contribution in [0.3, 0.4) is 0 Å². The Morgan fingerprint density at radius 1 is 0.659 bits per heavy atom. The van der Waals surface area contributed by atoms with Crippen molar-refractivity contribution in [1.82, 2.24) is 16.0 Å². The Bertz CT molecular complexity index is 1680. The van der Waals surface area contributed by atoms with Crippen LogP contribution in [-0.2, 0) is 12.8 Å². The van der Waals surface area contributed by atoms with Gasteiger partial charge in [0.2, 0.25) is 5.75 Å². The molecule has 5 aromatic rings. The predicted molar refractivity (Wildman–Crippen MR) is 178 cm³/mol. The number of fused-ring (bicyclic) bond motifs is 2. The molecule has 0 aliphatic rings. The highest BCUT2D eigenvalue weighted by atomic mass is 16.5. The first-order valence-electron chi connectivity index (χ1n) is 15.0. The first-order chi connectivity index (χ1) is 21.5. The maximum absolute atomic E-state index is 13.7. The topological polar surface area (TPSA) is 80.9 Å². The summed E-state index contributed by atoms with van der Waals surface area (Å²) in [5.41, 5.74) is 2.91. The van der Waals surface area contributed by atoms with Crippen LogP contribution >= 0.6 is 0 Å². The highest BCUT2D eigenvalue weighted by Crippen LogP contribution is 2.38. The first-order valence-corrected chi connectivity index (χ1v) is 15.0. The Hall–Kier alpha value is -4.59. The van der Waals surface area contributed by atoms with Crippen molar-refractivity contribution in [2.75, 3.05) is 41.5 Å². The quantitative estimate of drug-likeness (QED) is 0.152. The number of methoxy groups -OCH3 is 3. The van der Waals surface area contributed by atoms with E-state index < -0.39 is 0 Å². The molecular formula is C37H41N3O4. The van der Waals surface area contributed by atoms with Crippen LogP contribution in [0.1, 0.15) is 21.5 Å². The lowest BCUT2D eigenvalue weighted by atomic mass is 9.97. The third kappa shape index (κ3) is 7.13. The SMILES string of the molecule is CNC[C@H](Cc1cccc2ccccc12)NC[C@@H](Cc1cccc2ccccc12)NC(=O)c1cc(OC)c(OC)c(OC)c1. The van der Waals surface area contributed by atoms with Crippen molar-refractivity contribution in [3.8, 4) is 17.2 Å². The molecule has 2 atom stereocenters. The second kappa shape index (κ2) is 14.7. The molecule has 0 fully saturated rings. The van der Waals surface area contributed by atoms with Gasteiger partial charge in [0.25, 0.3) is 5.91 Å². The van der Waals surface area contributed by atoms with Crippen molar-refractivity contribution in [2.24, 2.45) is 0 Å². The largest absolute Gasteiger partial charge is 0.493 e. The molecule has 44 heavy (non-hydrogen) atoms. The summed E-state index contributed by atoms with van der Waals surface area (Å²) in [4.78, 5) is 13.7. The maximum Gasteiger partial charge on any atom is 0.251 e. The predicted octanol–water partition coefficient (Wildman–Crippen LogP) is 5.78. The second-order valence-electron chi connectivity index (χ2n) is 10.9. The third-order valence-electron chi connectivity index (χ3n) is 8.06. The van der Waals surface area contributed by atoms with Crippen molar-refractivity contribution in [1.29, 1.82) is 0 Å². The number of nitrogens with one attached hydrogen (secondary N) is 3. The van der Waals surface area contributed by atoms with Gasteiger partial charge in [-0.2, -0.15) is 0 Å². The van der Waals surface area contributed by atoms with Gasteiger partial charge in [-0.05, 0) is 64.7 Å². The molecule has 0 bridgehead atoms. The van der Waals surface area contributed by atoms with Crippen LogP contribution in [0.15, 0.2) is 97.1 Å². The van der Waals surface area contributed by atoms with E-state index in [0.29, 0.717) is 35.8 Å². The van der Waals surface area contributed by atoms with E-state index in [0.717, 1.165) is 13.0 Å². The Labute approximate surface area is 259 Å². The van der Waals surface area contributed by atoms with Crippen molar-refractivity contribution >= 4 is 27.5 Å². The van der Waals surface area contributed by atoms with E-state index in [1.165, 1.54) is 32.7 Å². The lowest BCUT2D eigenvalue weighted by molar-refractivity contribution is 0.0934.